The van der Waals surface area contributed by atoms with Crippen LogP contribution in [0.3, 0.4) is 0 Å². The summed E-state index contributed by atoms with van der Waals surface area (Å²) < 4.78 is 0.492. The number of hydrogen-bond acceptors (Lipinski definition) is 0. The van der Waals surface area contributed by atoms with E-state index in [9.17, 15) is 0 Å². The molecule has 0 nitrogen and oxygen atoms in total. The Labute approximate surface area is 50.7 Å². The van der Waals surface area contributed by atoms with Gasteiger partial charge in [-0.2, -0.15) is 0 Å². The first-order valence-electron chi connectivity index (χ1n) is 0.922. The molecule has 0 atom stereocenters. The summed E-state index contributed by atoms with van der Waals surface area (Å²) in [4.78, 5) is 0. The van der Waals surface area contributed by atoms with Crippen molar-refractivity contribution >= 4 is 47.2 Å². The van der Waals surface area contributed by atoms with Gasteiger partial charge in [-0.25, -0.2) is 0 Å². The zero-order valence-electron chi connectivity index (χ0n) is 2.29. The van der Waals surface area contributed by atoms with Crippen LogP contribution in [0.5, 0.6) is 0 Å². The van der Waals surface area contributed by atoms with Gasteiger partial charge in [0.2, 0.25) is 0 Å². The Kier molecular flexibility index (Phi) is 5.17. The van der Waals surface area contributed by atoms with Crippen LogP contribution in [-0.4, -0.2) is 21.8 Å². The van der Waals surface area contributed by atoms with Crippen LogP contribution in [0.25, 0.3) is 0 Å². The number of alkyl halides is 1. The first kappa shape index (κ1) is 6.69. The molecule has 0 radical (unpaired) electrons. The van der Waals surface area contributed by atoms with Crippen molar-refractivity contribution in [3.8, 4) is 0 Å². The van der Waals surface area contributed by atoms with Gasteiger partial charge in [0, 0.05) is 0 Å². The Bertz CT molecular complexity index is 20.9. The van der Waals surface area contributed by atoms with Gasteiger partial charge in [0.1, 0.15) is 0 Å². The molecule has 0 bridgehead atoms. The average Bonchev–Trinajstić information content (AvgIpc) is 1.38. The van der Waals surface area contributed by atoms with E-state index in [2.05, 4.69) is 0 Å². The van der Waals surface area contributed by atoms with Gasteiger partial charge in [-0.3, -0.25) is 0 Å². The van der Waals surface area contributed by atoms with Crippen molar-refractivity contribution in [1.82, 2.24) is 0 Å². The van der Waals surface area contributed by atoms with E-state index in [1.165, 1.54) is 0 Å². The fourth-order valence-electron chi connectivity index (χ4n) is 0. The van der Waals surface area contributed by atoms with Crippen molar-refractivity contribution in [3.63, 3.8) is 0 Å². The van der Waals surface area contributed by atoms with Gasteiger partial charge in [0.15, 0.2) is 0 Å². The van der Waals surface area contributed by atoms with Gasteiger partial charge < -0.3 is 0 Å². The van der Waals surface area contributed by atoms with E-state index in [1.54, 1.807) is 0 Å². The Hall–Kier alpha value is 1.69. The summed E-state index contributed by atoms with van der Waals surface area (Å²) in [6.07, 6.45) is 0. The van der Waals surface area contributed by atoms with Gasteiger partial charge in [-0.1, -0.05) is 0 Å². The summed E-state index contributed by atoms with van der Waals surface area (Å²) in [7, 11) is 10.6. The topological polar surface area (TPSA) is 0 Å². The van der Waals surface area contributed by atoms with Crippen molar-refractivity contribution in [2.45, 2.75) is 0 Å². The molecule has 0 aromatic heterocycles. The Morgan fingerprint density at radius 2 is 1.60 bits per heavy atom. The Balaban J connectivity index is 2.54. The molecular weight excluding hydrogens is 240 g/mol. The molecule has 0 aliphatic heterocycles. The van der Waals surface area contributed by atoms with Crippen molar-refractivity contribution in [1.29, 1.82) is 0 Å². The maximum atomic E-state index is 5.28. The average molecular weight is 242 g/mol. The van der Waals surface area contributed by atoms with Crippen molar-refractivity contribution in [2.75, 3.05) is 3.83 Å². The van der Waals surface area contributed by atoms with Crippen LogP contribution in [-0.2, 0) is 0 Å². The molecular formula is CH2Cl3Sb. The predicted octanol–water partition coefficient (Wildman–Crippen LogP) is 1.73. The SMILES string of the molecule is Cl[CH2][Sb]([Cl])[Cl]. The molecule has 4 heteroatoms. The van der Waals surface area contributed by atoms with Crippen LogP contribution >= 0.6 is 29.3 Å². The van der Waals surface area contributed by atoms with Gasteiger partial charge in [0.05, 0.1) is 0 Å². The summed E-state index contributed by atoms with van der Waals surface area (Å²) in [5.74, 6) is 0. The normalized spacial score (nSPS) is 9.60. The molecule has 5 heavy (non-hydrogen) atoms. The molecule has 0 rings (SSSR count). The predicted molar refractivity (Wildman–Crippen MR) is 28.2 cm³/mol. The fourth-order valence-corrected chi connectivity index (χ4v) is 0. The zero-order valence-corrected chi connectivity index (χ0v) is 7.11. The summed E-state index contributed by atoms with van der Waals surface area (Å²) in [6, 6.07) is 0. The molecule has 0 saturated carbocycles. The van der Waals surface area contributed by atoms with E-state index in [1.807, 2.05) is 0 Å². The molecule has 0 aromatic carbocycles. The monoisotopic (exact) mass is 240 g/mol. The minimum atomic E-state index is -1.77. The minimum absolute atomic E-state index is 0.492. The Morgan fingerprint density at radius 1 is 1.40 bits per heavy atom. The first-order valence-corrected chi connectivity index (χ1v) is 9.73. The van der Waals surface area contributed by atoms with Crippen molar-refractivity contribution in [2.24, 2.45) is 0 Å². The van der Waals surface area contributed by atoms with E-state index in [-0.39, 0.29) is 0 Å². The van der Waals surface area contributed by atoms with E-state index in [0.29, 0.717) is 3.83 Å². The van der Waals surface area contributed by atoms with Gasteiger partial charge in [-0.15, -0.1) is 0 Å². The summed E-state index contributed by atoms with van der Waals surface area (Å²) >= 11 is 3.38. The molecule has 0 aliphatic carbocycles. The number of rotatable bonds is 1. The van der Waals surface area contributed by atoms with E-state index in [0.717, 1.165) is 0 Å². The molecule has 0 heterocycles. The third-order valence-electron chi connectivity index (χ3n) is 0.0904. The molecule has 0 fully saturated rings. The quantitative estimate of drug-likeness (QED) is 0.485. The summed E-state index contributed by atoms with van der Waals surface area (Å²) in [6.45, 7) is 0. The van der Waals surface area contributed by atoms with Crippen LogP contribution in [0.15, 0.2) is 0 Å². The standard InChI is InChI=1S/CH2Cl.2ClH.Sb/c1-2;;;/h1H2;2*1H;/q;;;+2/p-2. The third kappa shape index (κ3) is 5.69. The molecule has 0 unspecified atom stereocenters. The zero-order chi connectivity index (χ0) is 4.28. The Morgan fingerprint density at radius 3 is 1.60 bits per heavy atom. The van der Waals surface area contributed by atoms with Crippen molar-refractivity contribution < 1.29 is 0 Å². The van der Waals surface area contributed by atoms with Gasteiger partial charge in [-0.05, 0) is 0 Å². The molecule has 0 amide bonds. The summed E-state index contributed by atoms with van der Waals surface area (Å²) in [5.41, 5.74) is 0. The van der Waals surface area contributed by atoms with E-state index < -0.39 is 17.9 Å². The van der Waals surface area contributed by atoms with E-state index in [4.69, 9.17) is 29.3 Å². The second-order valence-corrected chi connectivity index (χ2v) is 11.1. The molecule has 0 spiro atoms. The molecule has 0 aliphatic rings. The van der Waals surface area contributed by atoms with Crippen LogP contribution < -0.4 is 0 Å². The summed E-state index contributed by atoms with van der Waals surface area (Å²) in [5, 5.41) is 0. The van der Waals surface area contributed by atoms with Crippen LogP contribution in [0.1, 0.15) is 0 Å². The molecule has 0 saturated heterocycles. The second-order valence-electron chi connectivity index (χ2n) is 0.422. The molecule has 32 valence electrons. The third-order valence-corrected chi connectivity index (χ3v) is 5.45. The van der Waals surface area contributed by atoms with E-state index >= 15 is 0 Å². The van der Waals surface area contributed by atoms with Gasteiger partial charge >= 0.3 is 51.0 Å². The fraction of sp³-hybridized carbons (Fsp3) is 1.00. The second kappa shape index (κ2) is 3.86. The van der Waals surface area contributed by atoms with Crippen LogP contribution in [0, 0.1) is 0 Å². The molecule has 0 N–H and O–H groups in total. The maximum absolute atomic E-state index is 5.28. The van der Waals surface area contributed by atoms with Crippen molar-refractivity contribution in [3.05, 3.63) is 0 Å². The first-order chi connectivity index (χ1) is 2.27. The van der Waals surface area contributed by atoms with Crippen LogP contribution in [0.2, 0.25) is 0 Å². The number of halogens is 3. The van der Waals surface area contributed by atoms with Crippen LogP contribution in [0.4, 0.5) is 0 Å². The number of hydrogen-bond donors (Lipinski definition) is 0. The van der Waals surface area contributed by atoms with Gasteiger partial charge in [0.25, 0.3) is 0 Å². The molecule has 0 aromatic rings.